The maximum absolute atomic E-state index is 13.0. The largest absolute Gasteiger partial charge is 0.444 e. The summed E-state index contributed by atoms with van der Waals surface area (Å²) in [5, 5.41) is 2.89. The molecule has 1 aromatic carbocycles. The maximum Gasteiger partial charge on any atom is 0.410 e. The fraction of sp³-hybridized carbons (Fsp3) is 0.556. The number of carbonyl (C=O) groups excluding carboxylic acids is 2. The number of nitrogens with one attached hydrogen (secondary N) is 1. The smallest absolute Gasteiger partial charge is 0.410 e. The highest BCUT2D eigenvalue weighted by Crippen LogP contribution is 2.22. The lowest BCUT2D eigenvalue weighted by atomic mass is 10.1. The van der Waals surface area contributed by atoms with Gasteiger partial charge in [-0.25, -0.2) is 9.18 Å². The van der Waals surface area contributed by atoms with E-state index in [1.807, 2.05) is 6.92 Å². The number of benzene rings is 1. The molecule has 1 heterocycles. The Hall–Kier alpha value is -2.11. The van der Waals surface area contributed by atoms with Gasteiger partial charge < -0.3 is 10.1 Å². The molecular weight excluding hydrogens is 311 g/mol. The van der Waals surface area contributed by atoms with E-state index >= 15 is 0 Å². The molecule has 5 nitrogen and oxygen atoms in total. The number of hydrogen-bond donors (Lipinski definition) is 1. The highest BCUT2D eigenvalue weighted by molar-refractivity contribution is 5.86. The molecule has 24 heavy (non-hydrogen) atoms. The monoisotopic (exact) mass is 336 g/mol. The molecule has 1 aromatic rings. The number of nitrogens with zero attached hydrogens (tertiary/aromatic N) is 1. The Morgan fingerprint density at radius 2 is 1.92 bits per heavy atom. The van der Waals surface area contributed by atoms with E-state index in [0.717, 1.165) is 12.0 Å². The minimum Gasteiger partial charge on any atom is -0.444 e. The predicted octanol–water partition coefficient (Wildman–Crippen LogP) is 3.40. The fourth-order valence-corrected chi connectivity index (χ4v) is 2.72. The topological polar surface area (TPSA) is 58.6 Å². The van der Waals surface area contributed by atoms with Crippen molar-refractivity contribution in [3.05, 3.63) is 35.6 Å². The van der Waals surface area contributed by atoms with Crippen LogP contribution in [0.5, 0.6) is 0 Å². The predicted molar refractivity (Wildman–Crippen MR) is 88.9 cm³/mol. The second-order valence-electron chi connectivity index (χ2n) is 7.11. The number of halogens is 1. The molecule has 2 rings (SSSR count). The van der Waals surface area contributed by atoms with Gasteiger partial charge in [-0.05, 0) is 58.2 Å². The van der Waals surface area contributed by atoms with Gasteiger partial charge in [0.1, 0.15) is 17.5 Å². The Morgan fingerprint density at radius 3 is 2.50 bits per heavy atom. The van der Waals surface area contributed by atoms with E-state index in [0.29, 0.717) is 13.0 Å². The first-order chi connectivity index (χ1) is 11.2. The average Bonchev–Trinajstić information content (AvgIpc) is 2.95. The molecule has 0 bridgehead atoms. The lowest BCUT2D eigenvalue weighted by Crippen LogP contribution is -2.48. The van der Waals surface area contributed by atoms with Crippen molar-refractivity contribution in [2.45, 2.75) is 58.2 Å². The summed E-state index contributed by atoms with van der Waals surface area (Å²) >= 11 is 0. The van der Waals surface area contributed by atoms with Gasteiger partial charge in [0.2, 0.25) is 5.91 Å². The van der Waals surface area contributed by atoms with E-state index in [2.05, 4.69) is 5.32 Å². The van der Waals surface area contributed by atoms with Crippen molar-refractivity contribution in [3.8, 4) is 0 Å². The van der Waals surface area contributed by atoms with Crippen molar-refractivity contribution in [3.63, 3.8) is 0 Å². The summed E-state index contributed by atoms with van der Waals surface area (Å²) < 4.78 is 18.4. The molecule has 0 spiro atoms. The zero-order valence-electron chi connectivity index (χ0n) is 14.6. The first-order valence-corrected chi connectivity index (χ1v) is 8.23. The summed E-state index contributed by atoms with van der Waals surface area (Å²) in [5.74, 6) is -0.528. The van der Waals surface area contributed by atoms with Crippen LogP contribution in [0.1, 0.15) is 52.1 Å². The SMILES string of the molecule is CC(NC(=O)C1CCCN1C(=O)OC(C)(C)C)c1ccc(F)cc1. The quantitative estimate of drug-likeness (QED) is 0.920. The first-order valence-electron chi connectivity index (χ1n) is 8.23. The lowest BCUT2D eigenvalue weighted by molar-refractivity contribution is -0.126. The molecule has 1 aliphatic heterocycles. The molecule has 1 aliphatic rings. The maximum atomic E-state index is 13.0. The highest BCUT2D eigenvalue weighted by Gasteiger charge is 2.36. The van der Waals surface area contributed by atoms with Gasteiger partial charge in [-0.3, -0.25) is 9.69 Å². The van der Waals surface area contributed by atoms with Gasteiger partial charge >= 0.3 is 6.09 Å². The average molecular weight is 336 g/mol. The van der Waals surface area contributed by atoms with Crippen molar-refractivity contribution in [1.82, 2.24) is 10.2 Å². The molecule has 132 valence electrons. The summed E-state index contributed by atoms with van der Waals surface area (Å²) in [4.78, 5) is 26.3. The number of amides is 2. The van der Waals surface area contributed by atoms with Crippen LogP contribution in [0.25, 0.3) is 0 Å². The fourth-order valence-electron chi connectivity index (χ4n) is 2.72. The van der Waals surface area contributed by atoms with Crippen molar-refractivity contribution < 1.29 is 18.7 Å². The molecule has 2 atom stereocenters. The van der Waals surface area contributed by atoms with E-state index in [1.165, 1.54) is 17.0 Å². The van der Waals surface area contributed by atoms with Gasteiger partial charge in [0.05, 0.1) is 6.04 Å². The van der Waals surface area contributed by atoms with Crippen LogP contribution in [0.4, 0.5) is 9.18 Å². The standard InChI is InChI=1S/C18H25FN2O3/c1-12(13-7-9-14(19)10-8-13)20-16(22)15-6-5-11-21(15)17(23)24-18(2,3)4/h7-10,12,15H,5-6,11H2,1-4H3,(H,20,22). The van der Waals surface area contributed by atoms with Crippen molar-refractivity contribution >= 4 is 12.0 Å². The Morgan fingerprint density at radius 1 is 1.29 bits per heavy atom. The van der Waals surface area contributed by atoms with Gasteiger partial charge in [0, 0.05) is 6.54 Å². The number of carbonyl (C=O) groups is 2. The molecule has 0 saturated carbocycles. The minimum atomic E-state index is -0.595. The molecule has 0 radical (unpaired) electrons. The van der Waals surface area contributed by atoms with Crippen LogP contribution >= 0.6 is 0 Å². The van der Waals surface area contributed by atoms with Crippen LogP contribution in [0.3, 0.4) is 0 Å². The van der Waals surface area contributed by atoms with E-state index < -0.39 is 17.7 Å². The zero-order chi connectivity index (χ0) is 17.9. The summed E-state index contributed by atoms with van der Waals surface area (Å²) in [6.45, 7) is 7.74. The molecule has 1 saturated heterocycles. The molecule has 0 aliphatic carbocycles. The van der Waals surface area contributed by atoms with Crippen LogP contribution in [0, 0.1) is 5.82 Å². The van der Waals surface area contributed by atoms with E-state index in [9.17, 15) is 14.0 Å². The van der Waals surface area contributed by atoms with Gasteiger partial charge in [-0.15, -0.1) is 0 Å². The van der Waals surface area contributed by atoms with Gasteiger partial charge in [-0.1, -0.05) is 12.1 Å². The Balaban J connectivity index is 2.00. The molecule has 2 amide bonds. The highest BCUT2D eigenvalue weighted by atomic mass is 19.1. The molecular formula is C18H25FN2O3. The number of likely N-dealkylation sites (tertiary alicyclic amines) is 1. The summed E-state index contributed by atoms with van der Waals surface area (Å²) in [5.41, 5.74) is 0.216. The van der Waals surface area contributed by atoms with Gasteiger partial charge in [0.25, 0.3) is 0 Å². The summed E-state index contributed by atoms with van der Waals surface area (Å²) in [6, 6.07) is 5.21. The molecule has 1 N–H and O–H groups in total. The third-order valence-electron chi connectivity index (χ3n) is 3.91. The summed E-state index contributed by atoms with van der Waals surface area (Å²) in [7, 11) is 0. The lowest BCUT2D eigenvalue weighted by Gasteiger charge is -2.28. The van der Waals surface area contributed by atoms with E-state index in [-0.39, 0.29) is 17.8 Å². The Labute approximate surface area is 142 Å². The van der Waals surface area contributed by atoms with Crippen LogP contribution in [-0.2, 0) is 9.53 Å². The zero-order valence-corrected chi connectivity index (χ0v) is 14.6. The molecule has 6 heteroatoms. The number of rotatable bonds is 3. The van der Waals surface area contributed by atoms with Crippen LogP contribution in [0.15, 0.2) is 24.3 Å². The minimum absolute atomic E-state index is 0.213. The number of ether oxygens (including phenoxy) is 1. The van der Waals surface area contributed by atoms with Crippen molar-refractivity contribution in [1.29, 1.82) is 0 Å². The van der Waals surface area contributed by atoms with E-state index in [4.69, 9.17) is 4.74 Å². The second kappa shape index (κ2) is 7.20. The van der Waals surface area contributed by atoms with Crippen molar-refractivity contribution in [2.24, 2.45) is 0 Å². The second-order valence-corrected chi connectivity index (χ2v) is 7.11. The Kier molecular flexibility index (Phi) is 5.47. The third kappa shape index (κ3) is 4.69. The summed E-state index contributed by atoms with van der Waals surface area (Å²) in [6.07, 6.45) is 0.915. The number of hydrogen-bond acceptors (Lipinski definition) is 3. The molecule has 2 unspecified atom stereocenters. The normalized spacial score (nSPS) is 19.0. The third-order valence-corrected chi connectivity index (χ3v) is 3.91. The first kappa shape index (κ1) is 18.2. The van der Waals surface area contributed by atoms with E-state index in [1.54, 1.807) is 32.9 Å². The van der Waals surface area contributed by atoms with Gasteiger partial charge in [-0.2, -0.15) is 0 Å². The molecule has 0 aromatic heterocycles. The van der Waals surface area contributed by atoms with Crippen molar-refractivity contribution in [2.75, 3.05) is 6.54 Å². The molecule has 1 fully saturated rings. The van der Waals surface area contributed by atoms with Crippen LogP contribution < -0.4 is 5.32 Å². The van der Waals surface area contributed by atoms with Gasteiger partial charge in [0.15, 0.2) is 0 Å². The Bertz CT molecular complexity index is 595. The van der Waals surface area contributed by atoms with Crippen LogP contribution in [-0.4, -0.2) is 35.1 Å². The van der Waals surface area contributed by atoms with Crippen LogP contribution in [0.2, 0.25) is 0 Å².